The number of carbonyl (C=O) groups is 1. The van der Waals surface area contributed by atoms with Gasteiger partial charge in [0, 0.05) is 33.4 Å². The zero-order valence-corrected chi connectivity index (χ0v) is 15.2. The maximum Gasteiger partial charge on any atom is 0.410 e. The number of ether oxygens (including phenoxy) is 3. The van der Waals surface area contributed by atoms with E-state index >= 15 is 0 Å². The summed E-state index contributed by atoms with van der Waals surface area (Å²) >= 11 is 0. The van der Waals surface area contributed by atoms with Crippen molar-refractivity contribution in [3.8, 4) is 0 Å². The number of nitrogens with zero attached hydrogens (tertiary/aromatic N) is 2. The first kappa shape index (κ1) is 21.5. The molecule has 1 atom stereocenters. The Bertz CT molecular complexity index is 369. The molecule has 0 aliphatic carbocycles. The number of nitrogens with one attached hydrogen (secondary N) is 1. The van der Waals surface area contributed by atoms with Crippen molar-refractivity contribution in [2.24, 2.45) is 10.7 Å². The van der Waals surface area contributed by atoms with Gasteiger partial charge in [0.2, 0.25) is 0 Å². The number of hydrogen-bond donors (Lipinski definition) is 2. The van der Waals surface area contributed by atoms with Crippen molar-refractivity contribution < 1.29 is 19.0 Å². The molecule has 0 aromatic rings. The van der Waals surface area contributed by atoms with Gasteiger partial charge >= 0.3 is 6.09 Å². The molecule has 23 heavy (non-hydrogen) atoms. The van der Waals surface area contributed by atoms with Crippen LogP contribution in [0.3, 0.4) is 0 Å². The summed E-state index contributed by atoms with van der Waals surface area (Å²) in [4.78, 5) is 17.9. The standard InChI is InChI=1S/C15H32N4O4/c1-12(11-22-6)18-13(16)17-7-8-19(9-10-21-5)14(20)23-15(2,3)4/h12H,7-11H2,1-6H3,(H3,16,17,18). The minimum absolute atomic E-state index is 0.0687. The molecular weight excluding hydrogens is 300 g/mol. The highest BCUT2D eigenvalue weighted by Gasteiger charge is 2.21. The third-order valence-electron chi connectivity index (χ3n) is 2.68. The van der Waals surface area contributed by atoms with E-state index in [4.69, 9.17) is 19.9 Å². The number of amides is 1. The Kier molecular flexibility index (Phi) is 10.3. The molecule has 3 N–H and O–H groups in total. The van der Waals surface area contributed by atoms with Gasteiger partial charge < -0.3 is 30.2 Å². The second-order valence-electron chi connectivity index (χ2n) is 6.23. The highest BCUT2D eigenvalue weighted by atomic mass is 16.6. The van der Waals surface area contributed by atoms with E-state index in [1.165, 1.54) is 0 Å². The smallest absolute Gasteiger partial charge is 0.410 e. The fourth-order valence-electron chi connectivity index (χ4n) is 1.70. The van der Waals surface area contributed by atoms with Gasteiger partial charge in [0.15, 0.2) is 5.96 Å². The number of nitrogens with two attached hydrogens (primary N) is 1. The summed E-state index contributed by atoms with van der Waals surface area (Å²) in [6, 6.07) is 0.0687. The average Bonchev–Trinajstić information content (AvgIpc) is 2.40. The van der Waals surface area contributed by atoms with Crippen molar-refractivity contribution in [3.63, 3.8) is 0 Å². The molecule has 0 saturated carbocycles. The summed E-state index contributed by atoms with van der Waals surface area (Å²) in [6.45, 7) is 9.62. The van der Waals surface area contributed by atoms with Gasteiger partial charge in [-0.25, -0.2) is 4.79 Å². The van der Waals surface area contributed by atoms with Gasteiger partial charge in [-0.15, -0.1) is 0 Å². The van der Waals surface area contributed by atoms with Crippen LogP contribution in [-0.2, 0) is 14.2 Å². The fourth-order valence-corrected chi connectivity index (χ4v) is 1.70. The van der Waals surface area contributed by atoms with Gasteiger partial charge in [0.1, 0.15) is 5.60 Å². The first-order valence-corrected chi connectivity index (χ1v) is 7.72. The Labute approximate surface area is 139 Å². The van der Waals surface area contributed by atoms with Crippen LogP contribution < -0.4 is 11.1 Å². The van der Waals surface area contributed by atoms with Crippen molar-refractivity contribution in [1.82, 2.24) is 10.2 Å². The molecule has 0 radical (unpaired) electrons. The summed E-state index contributed by atoms with van der Waals surface area (Å²) in [6.07, 6.45) is -0.385. The monoisotopic (exact) mass is 332 g/mol. The summed E-state index contributed by atoms with van der Waals surface area (Å²) in [5, 5.41) is 3.01. The topological polar surface area (TPSA) is 98.4 Å². The first-order chi connectivity index (χ1) is 10.7. The zero-order chi connectivity index (χ0) is 17.9. The molecule has 0 aliphatic heterocycles. The van der Waals surface area contributed by atoms with Crippen LogP contribution in [0.2, 0.25) is 0 Å². The Hall–Kier alpha value is -1.54. The van der Waals surface area contributed by atoms with E-state index in [2.05, 4.69) is 10.3 Å². The molecule has 8 nitrogen and oxygen atoms in total. The van der Waals surface area contributed by atoms with E-state index in [0.29, 0.717) is 38.8 Å². The van der Waals surface area contributed by atoms with Crippen LogP contribution in [0, 0.1) is 0 Å². The summed E-state index contributed by atoms with van der Waals surface area (Å²) in [5.74, 6) is 0.324. The number of aliphatic imine (C=N–C) groups is 1. The van der Waals surface area contributed by atoms with Crippen LogP contribution in [0.15, 0.2) is 4.99 Å². The predicted molar refractivity (Wildman–Crippen MR) is 90.6 cm³/mol. The van der Waals surface area contributed by atoms with Crippen molar-refractivity contribution in [3.05, 3.63) is 0 Å². The van der Waals surface area contributed by atoms with E-state index in [1.807, 2.05) is 27.7 Å². The van der Waals surface area contributed by atoms with Crippen LogP contribution in [0.25, 0.3) is 0 Å². The van der Waals surface area contributed by atoms with Gasteiger partial charge in [-0.3, -0.25) is 4.99 Å². The molecule has 1 unspecified atom stereocenters. The molecular formula is C15H32N4O4. The molecule has 0 bridgehead atoms. The number of guanidine groups is 1. The molecule has 0 saturated heterocycles. The molecule has 1 amide bonds. The Morgan fingerprint density at radius 2 is 1.91 bits per heavy atom. The molecule has 0 aliphatic rings. The summed E-state index contributed by atoms with van der Waals surface area (Å²) < 4.78 is 15.4. The third-order valence-corrected chi connectivity index (χ3v) is 2.68. The van der Waals surface area contributed by atoms with Gasteiger partial charge in [0.25, 0.3) is 0 Å². The second-order valence-corrected chi connectivity index (χ2v) is 6.23. The van der Waals surface area contributed by atoms with Crippen LogP contribution in [-0.4, -0.2) is 75.7 Å². The summed E-state index contributed by atoms with van der Waals surface area (Å²) in [5.41, 5.74) is 5.25. The normalized spacial score (nSPS) is 13.6. The lowest BCUT2D eigenvalue weighted by molar-refractivity contribution is 0.0208. The maximum atomic E-state index is 12.1. The SMILES string of the molecule is COCCN(CCN=C(N)NC(C)COC)C(=O)OC(C)(C)C. The molecule has 136 valence electrons. The van der Waals surface area contributed by atoms with Crippen molar-refractivity contribution in [2.75, 3.05) is 47.1 Å². The van der Waals surface area contributed by atoms with E-state index in [1.54, 1.807) is 19.1 Å². The van der Waals surface area contributed by atoms with Crippen molar-refractivity contribution in [1.29, 1.82) is 0 Å². The quantitative estimate of drug-likeness (QED) is 0.479. The number of methoxy groups -OCH3 is 2. The highest BCUT2D eigenvalue weighted by molar-refractivity contribution is 5.78. The van der Waals surface area contributed by atoms with Crippen LogP contribution in [0.5, 0.6) is 0 Å². The molecule has 0 aromatic heterocycles. The lowest BCUT2D eigenvalue weighted by Gasteiger charge is -2.27. The van der Waals surface area contributed by atoms with Crippen molar-refractivity contribution in [2.45, 2.75) is 39.3 Å². The van der Waals surface area contributed by atoms with Gasteiger partial charge in [-0.2, -0.15) is 0 Å². The molecule has 0 rings (SSSR count). The maximum absolute atomic E-state index is 12.1. The van der Waals surface area contributed by atoms with Gasteiger partial charge in [0.05, 0.1) is 19.8 Å². The molecule has 8 heteroatoms. The molecule has 0 heterocycles. The third kappa shape index (κ3) is 11.7. The first-order valence-electron chi connectivity index (χ1n) is 7.72. The lowest BCUT2D eigenvalue weighted by Crippen LogP contribution is -2.42. The Morgan fingerprint density at radius 1 is 1.26 bits per heavy atom. The summed E-state index contributed by atoms with van der Waals surface area (Å²) in [7, 11) is 3.21. The van der Waals surface area contributed by atoms with Crippen LogP contribution in [0.1, 0.15) is 27.7 Å². The van der Waals surface area contributed by atoms with E-state index in [-0.39, 0.29) is 12.1 Å². The van der Waals surface area contributed by atoms with Crippen molar-refractivity contribution >= 4 is 12.1 Å². The Balaban J connectivity index is 4.46. The predicted octanol–water partition coefficient (Wildman–Crippen LogP) is 0.809. The zero-order valence-electron chi connectivity index (χ0n) is 15.2. The second kappa shape index (κ2) is 11.1. The number of hydrogen-bond acceptors (Lipinski definition) is 5. The van der Waals surface area contributed by atoms with E-state index < -0.39 is 5.60 Å². The minimum Gasteiger partial charge on any atom is -0.444 e. The minimum atomic E-state index is -0.540. The van der Waals surface area contributed by atoms with E-state index in [0.717, 1.165) is 0 Å². The number of rotatable bonds is 9. The molecule has 0 aromatic carbocycles. The largest absolute Gasteiger partial charge is 0.444 e. The van der Waals surface area contributed by atoms with Gasteiger partial charge in [-0.05, 0) is 27.7 Å². The molecule has 0 fully saturated rings. The number of carbonyl (C=O) groups excluding carboxylic acids is 1. The van der Waals surface area contributed by atoms with Gasteiger partial charge in [-0.1, -0.05) is 0 Å². The fraction of sp³-hybridized carbons (Fsp3) is 0.867. The Morgan fingerprint density at radius 3 is 2.43 bits per heavy atom. The van der Waals surface area contributed by atoms with Crippen LogP contribution in [0.4, 0.5) is 4.79 Å². The molecule has 0 spiro atoms. The highest BCUT2D eigenvalue weighted by Crippen LogP contribution is 2.09. The average molecular weight is 332 g/mol. The van der Waals surface area contributed by atoms with Crippen LogP contribution >= 0.6 is 0 Å². The lowest BCUT2D eigenvalue weighted by atomic mass is 10.2. The van der Waals surface area contributed by atoms with E-state index in [9.17, 15) is 4.79 Å².